The predicted octanol–water partition coefficient (Wildman–Crippen LogP) is 1.29. The van der Waals surface area contributed by atoms with Gasteiger partial charge in [-0.1, -0.05) is 0 Å². The number of hydrogen-bond acceptors (Lipinski definition) is 3. The molecule has 1 saturated heterocycles. The van der Waals surface area contributed by atoms with Gasteiger partial charge in [-0.15, -0.1) is 0 Å². The van der Waals surface area contributed by atoms with Crippen molar-refractivity contribution in [1.29, 1.82) is 0 Å². The van der Waals surface area contributed by atoms with E-state index in [1.165, 1.54) is 6.07 Å². The number of nitrogens with zero attached hydrogens (tertiary/aromatic N) is 1. The van der Waals surface area contributed by atoms with E-state index in [9.17, 15) is 10.0 Å². The number of rotatable bonds is 1. The molecule has 2 rings (SSSR count). The van der Waals surface area contributed by atoms with E-state index in [0.29, 0.717) is 18.9 Å². The maximum Gasteiger partial charge on any atom is 0.283 e. The smallest absolute Gasteiger partial charge is 0.283 e. The van der Waals surface area contributed by atoms with E-state index in [-0.39, 0.29) is 11.5 Å². The largest absolute Gasteiger partial charge is 0.425 e. The molecular weight excluding hydrogens is 194 g/mol. The Kier molecular flexibility index (Phi) is 2.77. The van der Waals surface area contributed by atoms with Gasteiger partial charge in [0.25, 0.3) is 5.56 Å². The topological polar surface area (TPSA) is 51.5 Å². The second-order valence-electron chi connectivity index (χ2n) is 3.99. The molecule has 1 aliphatic rings. The molecule has 1 fully saturated rings. The van der Waals surface area contributed by atoms with E-state index < -0.39 is 0 Å². The Morgan fingerprint density at radius 1 is 1.40 bits per heavy atom. The molecule has 0 amide bonds. The van der Waals surface area contributed by atoms with E-state index in [1.807, 2.05) is 13.0 Å². The second kappa shape index (κ2) is 4.06. The first kappa shape index (κ1) is 10.2. The summed E-state index contributed by atoms with van der Waals surface area (Å²) < 4.78 is 6.02. The zero-order chi connectivity index (χ0) is 10.8. The zero-order valence-corrected chi connectivity index (χ0v) is 8.77. The highest BCUT2D eigenvalue weighted by Crippen LogP contribution is 2.25. The van der Waals surface area contributed by atoms with Gasteiger partial charge in [-0.05, 0) is 31.4 Å². The lowest BCUT2D eigenvalue weighted by atomic mass is 9.95. The molecule has 82 valence electrons. The van der Waals surface area contributed by atoms with E-state index in [4.69, 9.17) is 4.74 Å². The molecule has 0 radical (unpaired) electrons. The molecule has 0 aromatic carbocycles. The minimum Gasteiger partial charge on any atom is -0.425 e. The summed E-state index contributed by atoms with van der Waals surface area (Å²) in [7, 11) is 0. The van der Waals surface area contributed by atoms with E-state index in [2.05, 4.69) is 0 Å². The van der Waals surface area contributed by atoms with Gasteiger partial charge < -0.3 is 9.94 Å². The van der Waals surface area contributed by atoms with Crippen molar-refractivity contribution >= 4 is 0 Å². The van der Waals surface area contributed by atoms with Crippen LogP contribution in [0.5, 0.6) is 0 Å². The standard InChI is InChI=1S/C11H15NO3/c1-8-6-10(12(14)11(13)7-8)9-2-4-15-5-3-9/h6-7,9,14H,2-5H2,1H3. The van der Waals surface area contributed by atoms with Crippen molar-refractivity contribution in [2.45, 2.75) is 25.7 Å². The van der Waals surface area contributed by atoms with Crippen molar-refractivity contribution in [2.75, 3.05) is 13.2 Å². The molecule has 15 heavy (non-hydrogen) atoms. The first-order chi connectivity index (χ1) is 7.18. The van der Waals surface area contributed by atoms with Gasteiger partial charge in [0.1, 0.15) is 0 Å². The summed E-state index contributed by atoms with van der Waals surface area (Å²) in [6.07, 6.45) is 1.73. The highest BCUT2D eigenvalue weighted by Gasteiger charge is 2.19. The molecule has 0 atom stereocenters. The van der Waals surface area contributed by atoms with Crippen LogP contribution in [0, 0.1) is 6.92 Å². The zero-order valence-electron chi connectivity index (χ0n) is 8.77. The molecule has 0 saturated carbocycles. The minimum atomic E-state index is -0.350. The lowest BCUT2D eigenvalue weighted by Gasteiger charge is -2.23. The average Bonchev–Trinajstić information content (AvgIpc) is 2.24. The van der Waals surface area contributed by atoms with E-state index in [1.54, 1.807) is 0 Å². The maximum absolute atomic E-state index is 11.4. The molecular formula is C11H15NO3. The van der Waals surface area contributed by atoms with Crippen LogP contribution >= 0.6 is 0 Å². The summed E-state index contributed by atoms with van der Waals surface area (Å²) in [5, 5.41) is 9.64. The first-order valence-corrected chi connectivity index (χ1v) is 5.19. The number of aryl methyl sites for hydroxylation is 1. The monoisotopic (exact) mass is 209 g/mol. The Morgan fingerprint density at radius 2 is 2.07 bits per heavy atom. The quantitative estimate of drug-likeness (QED) is 0.709. The summed E-state index contributed by atoms with van der Waals surface area (Å²) in [6.45, 7) is 3.27. The van der Waals surface area contributed by atoms with Crippen LogP contribution in [0.2, 0.25) is 0 Å². The van der Waals surface area contributed by atoms with Crippen LogP contribution in [0.1, 0.15) is 30.0 Å². The molecule has 1 aromatic heterocycles. The summed E-state index contributed by atoms with van der Waals surface area (Å²) >= 11 is 0. The highest BCUT2D eigenvalue weighted by molar-refractivity contribution is 5.19. The molecule has 0 spiro atoms. The SMILES string of the molecule is Cc1cc(C2CCOCC2)n(O)c(=O)c1. The van der Waals surface area contributed by atoms with Gasteiger partial charge in [0.05, 0.1) is 5.69 Å². The van der Waals surface area contributed by atoms with Crippen LogP contribution in [0.4, 0.5) is 0 Å². The normalized spacial score (nSPS) is 17.9. The van der Waals surface area contributed by atoms with Crippen LogP contribution in [-0.4, -0.2) is 23.2 Å². The summed E-state index contributed by atoms with van der Waals surface area (Å²) in [4.78, 5) is 11.4. The van der Waals surface area contributed by atoms with Crippen LogP contribution < -0.4 is 5.56 Å². The Labute approximate surface area is 88.1 Å². The van der Waals surface area contributed by atoms with Gasteiger partial charge >= 0.3 is 0 Å². The summed E-state index contributed by atoms with van der Waals surface area (Å²) in [6, 6.07) is 3.31. The van der Waals surface area contributed by atoms with Crippen molar-refractivity contribution < 1.29 is 9.94 Å². The molecule has 4 nitrogen and oxygen atoms in total. The number of hydrogen-bond donors (Lipinski definition) is 1. The fourth-order valence-corrected chi connectivity index (χ4v) is 2.00. The van der Waals surface area contributed by atoms with Gasteiger partial charge in [0.15, 0.2) is 0 Å². The molecule has 0 unspecified atom stereocenters. The molecule has 1 N–H and O–H groups in total. The van der Waals surface area contributed by atoms with Gasteiger partial charge in [-0.3, -0.25) is 4.79 Å². The van der Waals surface area contributed by atoms with E-state index in [0.717, 1.165) is 23.1 Å². The van der Waals surface area contributed by atoms with Crippen molar-refractivity contribution in [3.05, 3.63) is 33.7 Å². The van der Waals surface area contributed by atoms with Gasteiger partial charge in [-0.25, -0.2) is 0 Å². The fourth-order valence-electron chi connectivity index (χ4n) is 2.00. The molecule has 0 bridgehead atoms. The highest BCUT2D eigenvalue weighted by atomic mass is 16.5. The van der Waals surface area contributed by atoms with E-state index >= 15 is 0 Å². The maximum atomic E-state index is 11.4. The van der Waals surface area contributed by atoms with Crippen molar-refractivity contribution in [2.24, 2.45) is 0 Å². The number of ether oxygens (including phenoxy) is 1. The van der Waals surface area contributed by atoms with Crippen molar-refractivity contribution in [1.82, 2.24) is 4.73 Å². The van der Waals surface area contributed by atoms with Gasteiger partial charge in [0, 0.05) is 25.2 Å². The number of pyridine rings is 1. The van der Waals surface area contributed by atoms with Gasteiger partial charge in [-0.2, -0.15) is 4.73 Å². The Morgan fingerprint density at radius 3 is 2.73 bits per heavy atom. The second-order valence-corrected chi connectivity index (χ2v) is 3.99. The summed E-state index contributed by atoms with van der Waals surface area (Å²) in [5.74, 6) is 0.233. The third kappa shape index (κ3) is 2.04. The van der Waals surface area contributed by atoms with Crippen LogP contribution in [-0.2, 0) is 4.74 Å². The van der Waals surface area contributed by atoms with Crippen LogP contribution in [0.3, 0.4) is 0 Å². The minimum absolute atomic E-state index is 0.233. The molecule has 2 heterocycles. The fraction of sp³-hybridized carbons (Fsp3) is 0.545. The lowest BCUT2D eigenvalue weighted by Crippen LogP contribution is -2.25. The molecule has 1 aromatic rings. The molecule has 4 heteroatoms. The van der Waals surface area contributed by atoms with Gasteiger partial charge in [0.2, 0.25) is 0 Å². The predicted molar refractivity (Wildman–Crippen MR) is 55.4 cm³/mol. The number of aromatic nitrogens is 1. The third-order valence-corrected chi connectivity index (χ3v) is 2.82. The average molecular weight is 209 g/mol. The third-order valence-electron chi connectivity index (χ3n) is 2.82. The van der Waals surface area contributed by atoms with Crippen molar-refractivity contribution in [3.8, 4) is 0 Å². The lowest BCUT2D eigenvalue weighted by molar-refractivity contribution is 0.0753. The van der Waals surface area contributed by atoms with Crippen LogP contribution in [0.15, 0.2) is 16.9 Å². The molecule has 0 aliphatic carbocycles. The molecule has 1 aliphatic heterocycles. The van der Waals surface area contributed by atoms with Crippen molar-refractivity contribution in [3.63, 3.8) is 0 Å². The van der Waals surface area contributed by atoms with Crippen LogP contribution in [0.25, 0.3) is 0 Å². The summed E-state index contributed by atoms with van der Waals surface area (Å²) in [5.41, 5.74) is 1.26. The Bertz CT molecular complexity index is 405. The Hall–Kier alpha value is -1.29. The first-order valence-electron chi connectivity index (χ1n) is 5.19. The Balaban J connectivity index is 2.37.